The minimum Gasteiger partial charge on any atom is -0.374 e. The van der Waals surface area contributed by atoms with Gasteiger partial charge >= 0.3 is 0 Å². The Morgan fingerprint density at radius 1 is 1.46 bits per heavy atom. The van der Waals surface area contributed by atoms with E-state index >= 15 is 0 Å². The summed E-state index contributed by atoms with van der Waals surface area (Å²) in [6.45, 7) is 2.79. The Balaban J connectivity index is 2.42. The van der Waals surface area contributed by atoms with Crippen molar-refractivity contribution in [3.63, 3.8) is 0 Å². The van der Waals surface area contributed by atoms with E-state index in [2.05, 4.69) is 0 Å². The van der Waals surface area contributed by atoms with Crippen LogP contribution in [0.2, 0.25) is 0 Å². The first-order chi connectivity index (χ1) is 6.27. The molecule has 0 amide bonds. The number of aryl methyl sites for hydroxylation is 1. The number of ether oxygens (including phenoxy) is 1. The third-order valence-electron chi connectivity index (χ3n) is 2.50. The van der Waals surface area contributed by atoms with E-state index in [4.69, 9.17) is 4.74 Å². The van der Waals surface area contributed by atoms with Gasteiger partial charge in [-0.1, -0.05) is 6.07 Å². The van der Waals surface area contributed by atoms with Gasteiger partial charge in [-0.3, -0.25) is 0 Å². The van der Waals surface area contributed by atoms with Gasteiger partial charge in [0.15, 0.2) is 0 Å². The van der Waals surface area contributed by atoms with Gasteiger partial charge in [0.1, 0.15) is 5.82 Å². The molecule has 1 aliphatic heterocycles. The van der Waals surface area contributed by atoms with Crippen molar-refractivity contribution in [1.29, 1.82) is 0 Å². The van der Waals surface area contributed by atoms with Crippen LogP contribution in [0.3, 0.4) is 0 Å². The average Bonchev–Trinajstić information content (AvgIpc) is 2.28. The van der Waals surface area contributed by atoms with Gasteiger partial charge < -0.3 is 4.74 Å². The molecule has 0 aromatic heterocycles. The van der Waals surface area contributed by atoms with Gasteiger partial charge in [0.25, 0.3) is 0 Å². The largest absolute Gasteiger partial charge is 0.374 e. The standard InChI is InChI=1S/C11H13FO/c1-8-11-5-4-10(12)7-9(11)3-2-6-13-8/h4-5,7-8H,2-3,6H2,1H3/t8-/m0/s1. The number of benzene rings is 1. The van der Waals surface area contributed by atoms with Crippen LogP contribution in [0.25, 0.3) is 0 Å². The first-order valence-electron chi connectivity index (χ1n) is 4.67. The van der Waals surface area contributed by atoms with Crippen molar-refractivity contribution in [3.05, 3.63) is 35.1 Å². The van der Waals surface area contributed by atoms with Crippen LogP contribution in [0, 0.1) is 5.82 Å². The van der Waals surface area contributed by atoms with Crippen LogP contribution in [0.5, 0.6) is 0 Å². The first-order valence-corrected chi connectivity index (χ1v) is 4.67. The normalized spacial score (nSPS) is 22.2. The van der Waals surface area contributed by atoms with Crippen molar-refractivity contribution in [3.8, 4) is 0 Å². The van der Waals surface area contributed by atoms with Crippen molar-refractivity contribution >= 4 is 0 Å². The molecule has 0 aliphatic carbocycles. The number of fused-ring (bicyclic) bond motifs is 1. The van der Waals surface area contributed by atoms with Gasteiger partial charge in [0, 0.05) is 6.61 Å². The number of hydrogen-bond acceptors (Lipinski definition) is 1. The summed E-state index contributed by atoms with van der Waals surface area (Å²) in [5.41, 5.74) is 2.24. The van der Waals surface area contributed by atoms with E-state index in [-0.39, 0.29) is 11.9 Å². The zero-order valence-electron chi connectivity index (χ0n) is 7.72. The Kier molecular flexibility index (Phi) is 2.32. The Bertz CT molecular complexity index is 309. The molecule has 1 nitrogen and oxygen atoms in total. The van der Waals surface area contributed by atoms with Gasteiger partial charge in [0.05, 0.1) is 6.10 Å². The Morgan fingerprint density at radius 3 is 3.15 bits per heavy atom. The van der Waals surface area contributed by atoms with Crippen molar-refractivity contribution in [2.75, 3.05) is 6.61 Å². The molecule has 0 saturated heterocycles. The summed E-state index contributed by atoms with van der Waals surface area (Å²) in [5.74, 6) is -0.146. The molecule has 1 atom stereocenters. The van der Waals surface area contributed by atoms with Crippen LogP contribution in [0.15, 0.2) is 18.2 Å². The molecule has 1 aromatic carbocycles. The zero-order valence-corrected chi connectivity index (χ0v) is 7.72. The summed E-state index contributed by atoms with van der Waals surface area (Å²) in [4.78, 5) is 0. The van der Waals surface area contributed by atoms with Crippen LogP contribution in [0.1, 0.15) is 30.6 Å². The van der Waals surface area contributed by atoms with Gasteiger partial charge in [-0.25, -0.2) is 4.39 Å². The van der Waals surface area contributed by atoms with Crippen LogP contribution >= 0.6 is 0 Å². The van der Waals surface area contributed by atoms with Crippen molar-refractivity contribution in [2.24, 2.45) is 0 Å². The lowest BCUT2D eigenvalue weighted by Gasteiger charge is -2.12. The molecule has 13 heavy (non-hydrogen) atoms. The molecule has 70 valence electrons. The fourth-order valence-corrected chi connectivity index (χ4v) is 1.80. The summed E-state index contributed by atoms with van der Waals surface area (Å²) in [6, 6.07) is 4.96. The van der Waals surface area contributed by atoms with E-state index in [0.29, 0.717) is 0 Å². The molecule has 0 saturated carbocycles. The molecule has 2 heteroatoms. The highest BCUT2D eigenvalue weighted by Crippen LogP contribution is 2.26. The van der Waals surface area contributed by atoms with E-state index in [1.807, 2.05) is 13.0 Å². The third-order valence-corrected chi connectivity index (χ3v) is 2.50. The Hall–Kier alpha value is -0.890. The number of rotatable bonds is 0. The number of hydrogen-bond donors (Lipinski definition) is 0. The molecular formula is C11H13FO. The lowest BCUT2D eigenvalue weighted by molar-refractivity contribution is 0.0699. The maximum absolute atomic E-state index is 12.9. The lowest BCUT2D eigenvalue weighted by Crippen LogP contribution is -1.99. The van der Waals surface area contributed by atoms with Crippen molar-refractivity contribution in [2.45, 2.75) is 25.9 Å². The highest BCUT2D eigenvalue weighted by molar-refractivity contribution is 5.30. The average molecular weight is 180 g/mol. The number of halogens is 1. The molecule has 1 heterocycles. The molecule has 1 aliphatic rings. The van der Waals surface area contributed by atoms with Gasteiger partial charge in [-0.15, -0.1) is 0 Å². The zero-order chi connectivity index (χ0) is 9.26. The van der Waals surface area contributed by atoms with Crippen molar-refractivity contribution < 1.29 is 9.13 Å². The highest BCUT2D eigenvalue weighted by Gasteiger charge is 2.14. The minimum atomic E-state index is -0.146. The lowest BCUT2D eigenvalue weighted by atomic mass is 10.0. The van der Waals surface area contributed by atoms with Gasteiger partial charge in [-0.05, 0) is 43.0 Å². The predicted molar refractivity (Wildman–Crippen MR) is 49.1 cm³/mol. The van der Waals surface area contributed by atoms with E-state index < -0.39 is 0 Å². The summed E-state index contributed by atoms with van der Waals surface area (Å²) in [5, 5.41) is 0. The van der Waals surface area contributed by atoms with Crippen molar-refractivity contribution in [1.82, 2.24) is 0 Å². The molecule has 0 spiro atoms. The fourth-order valence-electron chi connectivity index (χ4n) is 1.80. The Morgan fingerprint density at radius 2 is 2.31 bits per heavy atom. The first kappa shape index (κ1) is 8.70. The maximum atomic E-state index is 12.9. The van der Waals surface area contributed by atoms with Gasteiger partial charge in [0.2, 0.25) is 0 Å². The summed E-state index contributed by atoms with van der Waals surface area (Å²) in [7, 11) is 0. The van der Waals surface area contributed by atoms with Crippen LogP contribution in [-0.2, 0) is 11.2 Å². The van der Waals surface area contributed by atoms with Crippen LogP contribution in [-0.4, -0.2) is 6.61 Å². The summed E-state index contributed by atoms with van der Waals surface area (Å²) < 4.78 is 18.5. The molecular weight excluding hydrogens is 167 g/mol. The van der Waals surface area contributed by atoms with Crippen LogP contribution in [0.4, 0.5) is 4.39 Å². The molecule has 0 fully saturated rings. The molecule has 1 aromatic rings. The monoisotopic (exact) mass is 180 g/mol. The molecule has 0 N–H and O–H groups in total. The van der Waals surface area contributed by atoms with Gasteiger partial charge in [-0.2, -0.15) is 0 Å². The maximum Gasteiger partial charge on any atom is 0.123 e. The molecule has 0 radical (unpaired) electrons. The second-order valence-electron chi connectivity index (χ2n) is 3.46. The molecule has 2 rings (SSSR count). The minimum absolute atomic E-state index is 0.109. The summed E-state index contributed by atoms with van der Waals surface area (Å²) >= 11 is 0. The molecule has 0 bridgehead atoms. The quantitative estimate of drug-likeness (QED) is 0.596. The van der Waals surface area contributed by atoms with E-state index in [0.717, 1.165) is 30.6 Å². The topological polar surface area (TPSA) is 9.23 Å². The van der Waals surface area contributed by atoms with E-state index in [1.54, 1.807) is 6.07 Å². The smallest absolute Gasteiger partial charge is 0.123 e. The summed E-state index contributed by atoms with van der Waals surface area (Å²) in [6.07, 6.45) is 2.02. The third kappa shape index (κ3) is 1.73. The van der Waals surface area contributed by atoms with E-state index in [9.17, 15) is 4.39 Å². The highest BCUT2D eigenvalue weighted by atomic mass is 19.1. The van der Waals surface area contributed by atoms with E-state index in [1.165, 1.54) is 6.07 Å². The Labute approximate surface area is 77.5 Å². The fraction of sp³-hybridized carbons (Fsp3) is 0.455. The molecule has 0 unspecified atom stereocenters. The second kappa shape index (κ2) is 3.46. The second-order valence-corrected chi connectivity index (χ2v) is 3.46. The SMILES string of the molecule is C[C@@H]1OCCCc2cc(F)ccc21. The predicted octanol–water partition coefficient (Wildman–Crippen LogP) is 2.85. The van der Waals surface area contributed by atoms with Crippen LogP contribution < -0.4 is 0 Å².